The first-order valence-electron chi connectivity index (χ1n) is 10.7. The highest BCUT2D eigenvalue weighted by Gasteiger charge is 2.21. The summed E-state index contributed by atoms with van der Waals surface area (Å²) in [7, 11) is 1.67. The monoisotopic (exact) mass is 420 g/mol. The number of aromatic nitrogens is 2. The van der Waals surface area contributed by atoms with Gasteiger partial charge in [0, 0.05) is 25.0 Å². The van der Waals surface area contributed by atoms with E-state index in [1.54, 1.807) is 19.2 Å². The van der Waals surface area contributed by atoms with Crippen molar-refractivity contribution in [1.29, 1.82) is 0 Å². The van der Waals surface area contributed by atoms with E-state index in [-0.39, 0.29) is 16.9 Å². The molecule has 3 heterocycles. The third-order valence-electron chi connectivity index (χ3n) is 5.95. The number of rotatable bonds is 6. The lowest BCUT2D eigenvalue weighted by Crippen LogP contribution is -2.39. The van der Waals surface area contributed by atoms with Gasteiger partial charge in [-0.1, -0.05) is 12.1 Å². The van der Waals surface area contributed by atoms with Crippen molar-refractivity contribution >= 4 is 16.9 Å². The average Bonchev–Trinajstić information content (AvgIpc) is 2.79. The fourth-order valence-electron chi connectivity index (χ4n) is 4.04. The molecule has 1 aliphatic heterocycles. The number of H-pyrrole nitrogens is 1. The molecule has 2 N–H and O–H groups in total. The Balaban J connectivity index is 1.29. The summed E-state index contributed by atoms with van der Waals surface area (Å²) in [6.07, 6.45) is 3.51. The van der Waals surface area contributed by atoms with Gasteiger partial charge in [0.1, 0.15) is 17.0 Å². The van der Waals surface area contributed by atoms with Gasteiger partial charge in [0.2, 0.25) is 5.43 Å². The van der Waals surface area contributed by atoms with Crippen molar-refractivity contribution in [2.75, 3.05) is 26.7 Å². The second-order valence-corrected chi connectivity index (χ2v) is 8.16. The van der Waals surface area contributed by atoms with Gasteiger partial charge in [-0.2, -0.15) is 0 Å². The zero-order valence-electron chi connectivity index (χ0n) is 18.0. The molecule has 0 spiro atoms. The molecule has 1 saturated heterocycles. The number of hydrogen-bond acceptors (Lipinski definition) is 5. The standard InChI is InChI=1S/C24H28N4O3/c1-16-3-8-20-22(29)21(14-25-23(20)27-16)24(30)26-13-17-9-11-28(12-10-17)15-18-4-6-19(31-2)7-5-18/h3-8,14,17H,9-13,15H2,1-2H3,(H,26,30)(H,25,27,29). The molecule has 1 aromatic carbocycles. The number of methoxy groups -OCH3 is 1. The minimum atomic E-state index is -0.329. The van der Waals surface area contributed by atoms with E-state index in [4.69, 9.17) is 4.74 Å². The molecule has 0 radical (unpaired) electrons. The highest BCUT2D eigenvalue weighted by atomic mass is 16.5. The number of hydrogen-bond donors (Lipinski definition) is 2. The van der Waals surface area contributed by atoms with Crippen molar-refractivity contribution in [3.8, 4) is 5.75 Å². The van der Waals surface area contributed by atoms with Crippen LogP contribution in [-0.2, 0) is 6.54 Å². The van der Waals surface area contributed by atoms with Crippen LogP contribution in [0.4, 0.5) is 0 Å². The van der Waals surface area contributed by atoms with Crippen molar-refractivity contribution in [3.63, 3.8) is 0 Å². The molecule has 2 aromatic heterocycles. The van der Waals surface area contributed by atoms with Crippen LogP contribution in [0.25, 0.3) is 11.0 Å². The summed E-state index contributed by atoms with van der Waals surface area (Å²) in [4.78, 5) is 35.0. The van der Waals surface area contributed by atoms with Crippen LogP contribution in [0.2, 0.25) is 0 Å². The maximum Gasteiger partial charge on any atom is 0.256 e. The van der Waals surface area contributed by atoms with Crippen LogP contribution in [0.3, 0.4) is 0 Å². The van der Waals surface area contributed by atoms with Crippen LogP contribution >= 0.6 is 0 Å². The van der Waals surface area contributed by atoms with Gasteiger partial charge in [-0.3, -0.25) is 14.5 Å². The van der Waals surface area contributed by atoms with Crippen molar-refractivity contribution in [1.82, 2.24) is 20.2 Å². The van der Waals surface area contributed by atoms with E-state index in [1.807, 2.05) is 19.1 Å². The number of nitrogens with zero attached hydrogens (tertiary/aromatic N) is 2. The van der Waals surface area contributed by atoms with Crippen LogP contribution < -0.4 is 15.5 Å². The van der Waals surface area contributed by atoms with Gasteiger partial charge in [0.15, 0.2) is 0 Å². The summed E-state index contributed by atoms with van der Waals surface area (Å²) in [5.41, 5.74) is 2.44. The molecule has 1 fully saturated rings. The molecule has 0 saturated carbocycles. The quantitative estimate of drug-likeness (QED) is 0.640. The van der Waals surface area contributed by atoms with E-state index in [2.05, 4.69) is 32.3 Å². The Kier molecular flexibility index (Phi) is 6.32. The van der Waals surface area contributed by atoms with Gasteiger partial charge in [0.25, 0.3) is 5.91 Å². The fraction of sp³-hybridized carbons (Fsp3) is 0.375. The van der Waals surface area contributed by atoms with Crippen LogP contribution in [0.1, 0.15) is 34.5 Å². The smallest absolute Gasteiger partial charge is 0.256 e. The molecule has 3 aromatic rings. The number of ether oxygens (including phenoxy) is 1. The summed E-state index contributed by atoms with van der Waals surface area (Å²) >= 11 is 0. The first-order valence-corrected chi connectivity index (χ1v) is 10.7. The Bertz CT molecular complexity index is 1120. The highest BCUT2D eigenvalue weighted by molar-refractivity contribution is 5.96. The number of aromatic amines is 1. The first kappa shape index (κ1) is 21.1. The molecule has 162 valence electrons. The van der Waals surface area contributed by atoms with Crippen molar-refractivity contribution in [3.05, 3.63) is 69.6 Å². The molecule has 0 unspecified atom stereocenters. The molecule has 0 atom stereocenters. The molecule has 4 rings (SSSR count). The van der Waals surface area contributed by atoms with E-state index in [1.165, 1.54) is 11.8 Å². The highest BCUT2D eigenvalue weighted by Crippen LogP contribution is 2.20. The normalized spacial score (nSPS) is 15.2. The molecule has 7 nitrogen and oxygen atoms in total. The van der Waals surface area contributed by atoms with Crippen molar-refractivity contribution in [2.24, 2.45) is 5.92 Å². The van der Waals surface area contributed by atoms with Crippen LogP contribution in [0, 0.1) is 12.8 Å². The molecule has 1 amide bonds. The van der Waals surface area contributed by atoms with E-state index >= 15 is 0 Å². The lowest BCUT2D eigenvalue weighted by atomic mass is 9.96. The molecular formula is C24H28N4O3. The summed E-state index contributed by atoms with van der Waals surface area (Å²) in [5, 5.41) is 3.39. The maximum absolute atomic E-state index is 12.7. The minimum Gasteiger partial charge on any atom is -0.497 e. The Morgan fingerprint density at radius 3 is 2.65 bits per heavy atom. The number of nitrogens with one attached hydrogen (secondary N) is 2. The first-order chi connectivity index (χ1) is 15.0. The number of fused-ring (bicyclic) bond motifs is 1. The molecule has 7 heteroatoms. The second kappa shape index (κ2) is 9.31. The van der Waals surface area contributed by atoms with Gasteiger partial charge < -0.3 is 15.0 Å². The van der Waals surface area contributed by atoms with Gasteiger partial charge in [0.05, 0.1) is 12.5 Å². The SMILES string of the molecule is COc1ccc(CN2CCC(CNC(=O)c3c[nH]c4nc(C)ccc4c3=O)CC2)cc1. The number of likely N-dealkylation sites (tertiary alicyclic amines) is 1. The molecule has 31 heavy (non-hydrogen) atoms. The molecular weight excluding hydrogens is 392 g/mol. The van der Waals surface area contributed by atoms with E-state index in [0.717, 1.165) is 43.9 Å². The Labute approximate surface area is 181 Å². The topological polar surface area (TPSA) is 87.3 Å². The number of aryl methyl sites for hydroxylation is 1. The molecule has 0 bridgehead atoms. The summed E-state index contributed by atoms with van der Waals surface area (Å²) in [5.74, 6) is 0.958. The van der Waals surface area contributed by atoms with Gasteiger partial charge in [-0.25, -0.2) is 4.98 Å². The summed E-state index contributed by atoms with van der Waals surface area (Å²) in [6, 6.07) is 11.7. The Morgan fingerprint density at radius 2 is 1.94 bits per heavy atom. The number of carbonyl (C=O) groups is 1. The predicted octanol–water partition coefficient (Wildman–Crippen LogP) is 2.88. The lowest BCUT2D eigenvalue weighted by molar-refractivity contribution is 0.0934. The number of pyridine rings is 2. The third kappa shape index (κ3) is 4.94. The van der Waals surface area contributed by atoms with Crippen molar-refractivity contribution in [2.45, 2.75) is 26.3 Å². The van der Waals surface area contributed by atoms with Crippen LogP contribution in [-0.4, -0.2) is 47.5 Å². The van der Waals surface area contributed by atoms with Crippen LogP contribution in [0.15, 0.2) is 47.4 Å². The fourth-order valence-corrected chi connectivity index (χ4v) is 4.04. The predicted molar refractivity (Wildman–Crippen MR) is 120 cm³/mol. The van der Waals surface area contributed by atoms with E-state index in [0.29, 0.717) is 23.5 Å². The molecule has 1 aliphatic rings. The van der Waals surface area contributed by atoms with Gasteiger partial charge in [-0.15, -0.1) is 0 Å². The largest absolute Gasteiger partial charge is 0.497 e. The van der Waals surface area contributed by atoms with Gasteiger partial charge >= 0.3 is 0 Å². The molecule has 0 aliphatic carbocycles. The number of benzene rings is 1. The number of piperidine rings is 1. The second-order valence-electron chi connectivity index (χ2n) is 8.16. The third-order valence-corrected chi connectivity index (χ3v) is 5.95. The zero-order chi connectivity index (χ0) is 21.8. The maximum atomic E-state index is 12.7. The van der Waals surface area contributed by atoms with E-state index in [9.17, 15) is 9.59 Å². The minimum absolute atomic E-state index is 0.134. The lowest BCUT2D eigenvalue weighted by Gasteiger charge is -2.32. The number of amides is 1. The Morgan fingerprint density at radius 1 is 1.19 bits per heavy atom. The Hall–Kier alpha value is -3.19. The van der Waals surface area contributed by atoms with Crippen LogP contribution in [0.5, 0.6) is 5.75 Å². The van der Waals surface area contributed by atoms with Crippen molar-refractivity contribution < 1.29 is 9.53 Å². The zero-order valence-corrected chi connectivity index (χ0v) is 18.0. The summed E-state index contributed by atoms with van der Waals surface area (Å²) in [6.45, 7) is 5.35. The summed E-state index contributed by atoms with van der Waals surface area (Å²) < 4.78 is 5.21. The van der Waals surface area contributed by atoms with E-state index < -0.39 is 0 Å². The number of carbonyl (C=O) groups excluding carboxylic acids is 1. The van der Waals surface area contributed by atoms with Gasteiger partial charge in [-0.05, 0) is 68.6 Å². The average molecular weight is 421 g/mol.